The molecule has 0 bridgehead atoms. The van der Waals surface area contributed by atoms with Gasteiger partial charge in [0.25, 0.3) is 5.92 Å². The van der Waals surface area contributed by atoms with Gasteiger partial charge in [-0.15, -0.1) is 0 Å². The highest BCUT2D eigenvalue weighted by molar-refractivity contribution is 7.88. The molecule has 1 aromatic rings. The van der Waals surface area contributed by atoms with E-state index in [2.05, 4.69) is 4.74 Å². The Labute approximate surface area is 121 Å². The third kappa shape index (κ3) is 3.56. The van der Waals surface area contributed by atoms with Gasteiger partial charge < -0.3 is 4.74 Å². The van der Waals surface area contributed by atoms with Crippen LogP contribution in [0.15, 0.2) is 30.3 Å². The number of sulfonamides is 1. The number of benzene rings is 1. The van der Waals surface area contributed by atoms with Crippen molar-refractivity contribution in [3.05, 3.63) is 35.9 Å². The minimum atomic E-state index is -4.04. The van der Waals surface area contributed by atoms with E-state index in [1.54, 1.807) is 30.3 Å². The fraction of sp³-hybridized carbons (Fsp3) is 0.462. The van der Waals surface area contributed by atoms with E-state index in [9.17, 15) is 22.0 Å². The van der Waals surface area contributed by atoms with Gasteiger partial charge in [0.15, 0.2) is 0 Å². The molecule has 1 heterocycles. The highest BCUT2D eigenvalue weighted by Crippen LogP contribution is 2.35. The first-order valence-electron chi connectivity index (χ1n) is 6.24. The summed E-state index contributed by atoms with van der Waals surface area (Å²) in [6, 6.07) is 6.72. The summed E-state index contributed by atoms with van der Waals surface area (Å²) in [7, 11) is -2.99. The van der Waals surface area contributed by atoms with Crippen LogP contribution in [-0.2, 0) is 25.3 Å². The third-order valence-electron chi connectivity index (χ3n) is 3.25. The molecule has 1 fully saturated rings. The number of carbonyl (C=O) groups excluding carboxylic acids is 1. The van der Waals surface area contributed by atoms with Crippen LogP contribution in [0.2, 0.25) is 0 Å². The number of halogens is 2. The second-order valence-corrected chi connectivity index (χ2v) is 6.81. The number of ether oxygens (including phenoxy) is 1. The smallest absolute Gasteiger partial charge is 0.324 e. The number of hydrogen-bond donors (Lipinski definition) is 0. The normalized spacial score (nSPS) is 22.1. The summed E-state index contributed by atoms with van der Waals surface area (Å²) in [5.41, 5.74) is 0.469. The van der Waals surface area contributed by atoms with Crippen LogP contribution in [0, 0.1) is 0 Å². The number of methoxy groups -OCH3 is 1. The summed E-state index contributed by atoms with van der Waals surface area (Å²) in [6.45, 7) is -0.998. The van der Waals surface area contributed by atoms with Crippen LogP contribution >= 0.6 is 0 Å². The van der Waals surface area contributed by atoms with E-state index in [1.807, 2.05) is 0 Å². The van der Waals surface area contributed by atoms with Crippen LogP contribution in [0.1, 0.15) is 12.0 Å². The Balaban J connectivity index is 2.27. The second kappa shape index (κ2) is 5.69. The van der Waals surface area contributed by atoms with Crippen molar-refractivity contribution in [2.75, 3.05) is 13.7 Å². The topological polar surface area (TPSA) is 63.7 Å². The molecule has 0 aromatic heterocycles. The predicted octanol–water partition coefficient (Wildman–Crippen LogP) is 1.40. The fourth-order valence-corrected chi connectivity index (χ4v) is 4.00. The first-order chi connectivity index (χ1) is 9.75. The molecular formula is C13H15F2NO4S. The van der Waals surface area contributed by atoms with Gasteiger partial charge >= 0.3 is 5.97 Å². The molecule has 0 spiro atoms. The number of esters is 1. The summed E-state index contributed by atoms with van der Waals surface area (Å²) < 4.78 is 56.6. The van der Waals surface area contributed by atoms with Crippen molar-refractivity contribution in [1.29, 1.82) is 0 Å². The van der Waals surface area contributed by atoms with Gasteiger partial charge in [-0.25, -0.2) is 17.2 Å². The SMILES string of the molecule is COC(=O)[C@@H]1CC(F)(F)CN1S(=O)(=O)Cc1ccccc1. The summed E-state index contributed by atoms with van der Waals surface area (Å²) >= 11 is 0. The molecule has 0 radical (unpaired) electrons. The molecule has 0 aliphatic carbocycles. The highest BCUT2D eigenvalue weighted by Gasteiger charge is 2.53. The lowest BCUT2D eigenvalue weighted by molar-refractivity contribution is -0.144. The van der Waals surface area contributed by atoms with E-state index in [0.717, 1.165) is 7.11 Å². The molecule has 0 unspecified atom stereocenters. The van der Waals surface area contributed by atoms with Crippen LogP contribution in [0.4, 0.5) is 8.78 Å². The largest absolute Gasteiger partial charge is 0.468 e. The van der Waals surface area contributed by atoms with Gasteiger partial charge in [0.1, 0.15) is 6.04 Å². The van der Waals surface area contributed by atoms with Crippen molar-refractivity contribution in [3.8, 4) is 0 Å². The maximum atomic E-state index is 13.5. The molecule has 116 valence electrons. The van der Waals surface area contributed by atoms with Crippen molar-refractivity contribution in [3.63, 3.8) is 0 Å². The van der Waals surface area contributed by atoms with Gasteiger partial charge in [0, 0.05) is 6.42 Å². The Bertz CT molecular complexity index is 618. The number of hydrogen-bond acceptors (Lipinski definition) is 4. The molecule has 21 heavy (non-hydrogen) atoms. The van der Waals surface area contributed by atoms with Crippen LogP contribution in [0.3, 0.4) is 0 Å². The molecule has 0 saturated carbocycles. The van der Waals surface area contributed by atoms with E-state index in [1.165, 1.54) is 0 Å². The van der Waals surface area contributed by atoms with Crippen molar-refractivity contribution in [2.45, 2.75) is 24.1 Å². The van der Waals surface area contributed by atoms with Gasteiger partial charge in [-0.3, -0.25) is 4.79 Å². The zero-order valence-corrected chi connectivity index (χ0v) is 12.1. The first-order valence-corrected chi connectivity index (χ1v) is 7.85. The molecule has 0 amide bonds. The number of nitrogens with zero attached hydrogens (tertiary/aromatic N) is 1. The standard InChI is InChI=1S/C13H15F2NO4S/c1-20-12(17)11-7-13(14,15)9-16(11)21(18,19)8-10-5-3-2-4-6-10/h2-6,11H,7-9H2,1H3/t11-/m0/s1. The predicted molar refractivity (Wildman–Crippen MR) is 71.1 cm³/mol. The molecular weight excluding hydrogens is 304 g/mol. The number of carbonyl (C=O) groups is 1. The lowest BCUT2D eigenvalue weighted by Gasteiger charge is -2.21. The maximum Gasteiger partial charge on any atom is 0.324 e. The van der Waals surface area contributed by atoms with Crippen LogP contribution in [0.25, 0.3) is 0 Å². The van der Waals surface area contributed by atoms with Crippen LogP contribution < -0.4 is 0 Å². The molecule has 0 N–H and O–H groups in total. The Hall–Kier alpha value is -1.54. The van der Waals surface area contributed by atoms with E-state index in [0.29, 0.717) is 9.87 Å². The van der Waals surface area contributed by atoms with E-state index in [4.69, 9.17) is 0 Å². The zero-order chi connectivity index (χ0) is 15.7. The summed E-state index contributed by atoms with van der Waals surface area (Å²) in [5, 5.41) is 0. The molecule has 1 aromatic carbocycles. The van der Waals surface area contributed by atoms with Crippen molar-refractivity contribution in [2.24, 2.45) is 0 Å². The second-order valence-electron chi connectivity index (χ2n) is 4.89. The number of rotatable bonds is 4. The maximum absolute atomic E-state index is 13.5. The highest BCUT2D eigenvalue weighted by atomic mass is 32.2. The van der Waals surface area contributed by atoms with E-state index < -0.39 is 46.7 Å². The van der Waals surface area contributed by atoms with Gasteiger partial charge in [0.2, 0.25) is 10.0 Å². The quantitative estimate of drug-likeness (QED) is 0.787. The monoisotopic (exact) mass is 319 g/mol. The molecule has 5 nitrogen and oxygen atoms in total. The molecule has 1 aliphatic rings. The van der Waals surface area contributed by atoms with Gasteiger partial charge in [-0.05, 0) is 5.56 Å². The van der Waals surface area contributed by atoms with E-state index in [-0.39, 0.29) is 0 Å². The average molecular weight is 319 g/mol. The Morgan fingerprint density at radius 2 is 2.00 bits per heavy atom. The Morgan fingerprint density at radius 1 is 1.38 bits per heavy atom. The first kappa shape index (κ1) is 15.8. The lowest BCUT2D eigenvalue weighted by atomic mass is 10.2. The van der Waals surface area contributed by atoms with Crippen LogP contribution in [-0.4, -0.2) is 44.3 Å². The zero-order valence-electron chi connectivity index (χ0n) is 11.3. The molecule has 2 rings (SSSR count). The average Bonchev–Trinajstić information content (AvgIpc) is 2.75. The van der Waals surface area contributed by atoms with Gasteiger partial charge in [0.05, 0.1) is 19.4 Å². The lowest BCUT2D eigenvalue weighted by Crippen LogP contribution is -2.41. The molecule has 1 atom stereocenters. The fourth-order valence-electron chi connectivity index (χ4n) is 2.28. The van der Waals surface area contributed by atoms with Crippen LogP contribution in [0.5, 0.6) is 0 Å². The molecule has 1 saturated heterocycles. The Morgan fingerprint density at radius 3 is 2.57 bits per heavy atom. The van der Waals surface area contributed by atoms with Crippen molar-refractivity contribution >= 4 is 16.0 Å². The Kier molecular flexibility index (Phi) is 4.29. The minimum Gasteiger partial charge on any atom is -0.468 e. The molecule has 1 aliphatic heterocycles. The minimum absolute atomic E-state index is 0.433. The summed E-state index contributed by atoms with van der Waals surface area (Å²) in [5.74, 6) is -4.64. The summed E-state index contributed by atoms with van der Waals surface area (Å²) in [6.07, 6.45) is -0.853. The van der Waals surface area contributed by atoms with Crippen molar-refractivity contribution in [1.82, 2.24) is 4.31 Å². The third-order valence-corrected chi connectivity index (χ3v) is 5.05. The number of alkyl halides is 2. The van der Waals surface area contributed by atoms with E-state index >= 15 is 0 Å². The van der Waals surface area contributed by atoms with Gasteiger partial charge in [-0.1, -0.05) is 30.3 Å². The van der Waals surface area contributed by atoms with Gasteiger partial charge in [-0.2, -0.15) is 4.31 Å². The molecule has 8 heteroatoms. The summed E-state index contributed by atoms with van der Waals surface area (Å²) in [4.78, 5) is 11.5. The van der Waals surface area contributed by atoms with Crippen molar-refractivity contribution < 1.29 is 26.7 Å².